The molecule has 0 aliphatic heterocycles. The van der Waals surface area contributed by atoms with E-state index < -0.39 is 0 Å². The van der Waals surface area contributed by atoms with E-state index in [1.807, 2.05) is 84.9 Å². The van der Waals surface area contributed by atoms with Crippen LogP contribution in [0.5, 0.6) is 0 Å². The van der Waals surface area contributed by atoms with Crippen LogP contribution in [-0.2, 0) is 0 Å². The number of benzene rings is 7. The van der Waals surface area contributed by atoms with Gasteiger partial charge in [0.1, 0.15) is 11.1 Å². The molecule has 11 rings (SSSR count). The van der Waals surface area contributed by atoms with E-state index in [-0.39, 0.29) is 0 Å². The van der Waals surface area contributed by atoms with Gasteiger partial charge in [-0.1, -0.05) is 127 Å². The summed E-state index contributed by atoms with van der Waals surface area (Å²) in [5, 5.41) is 4.34. The maximum Gasteiger partial charge on any atom is 0.227 e. The minimum Gasteiger partial charge on any atom is -0.452 e. The second-order valence-corrected chi connectivity index (χ2v) is 13.7. The molecule has 0 atom stereocenters. The monoisotopic (exact) mass is 719 g/mol. The second kappa shape index (κ2) is 13.0. The SMILES string of the molecule is c1ccc(-c2nc(-c3ccccc3)nc(-c3ccc(-c4ccc(-c5ccc6oc7c(ccc8nc(-c9ccncc9)oc87)c6c5)c5ccccc45)cc3)n2)cc1. The van der Waals surface area contributed by atoms with Gasteiger partial charge >= 0.3 is 0 Å². The molecule has 262 valence electrons. The average Bonchev–Trinajstić information content (AvgIpc) is 3.89. The number of fused-ring (bicyclic) bond motifs is 6. The molecule has 0 saturated carbocycles. The number of hydrogen-bond donors (Lipinski definition) is 0. The maximum atomic E-state index is 6.41. The lowest BCUT2D eigenvalue weighted by Gasteiger charge is -2.13. The van der Waals surface area contributed by atoms with E-state index in [0.29, 0.717) is 34.5 Å². The summed E-state index contributed by atoms with van der Waals surface area (Å²) >= 11 is 0. The Morgan fingerprint density at radius 3 is 1.54 bits per heavy atom. The molecule has 56 heavy (non-hydrogen) atoms. The van der Waals surface area contributed by atoms with Crippen molar-refractivity contribution in [2.75, 3.05) is 0 Å². The number of hydrogen-bond acceptors (Lipinski definition) is 7. The van der Waals surface area contributed by atoms with Gasteiger partial charge in [0, 0.05) is 45.4 Å². The molecule has 0 N–H and O–H groups in total. The molecule has 7 aromatic carbocycles. The molecule has 4 heterocycles. The lowest BCUT2D eigenvalue weighted by atomic mass is 9.91. The molecule has 0 saturated heterocycles. The Kier molecular flexibility index (Phi) is 7.35. The molecule has 0 radical (unpaired) electrons. The van der Waals surface area contributed by atoms with E-state index in [2.05, 4.69) is 83.8 Å². The summed E-state index contributed by atoms with van der Waals surface area (Å²) in [5.74, 6) is 2.45. The first kappa shape index (κ1) is 31.7. The molecule has 0 unspecified atom stereocenters. The summed E-state index contributed by atoms with van der Waals surface area (Å²) < 4.78 is 12.7. The molecule has 0 fully saturated rings. The first-order valence-corrected chi connectivity index (χ1v) is 18.4. The van der Waals surface area contributed by atoms with Crippen molar-refractivity contribution in [3.05, 3.63) is 176 Å². The zero-order valence-corrected chi connectivity index (χ0v) is 29.8. The van der Waals surface area contributed by atoms with Crippen LogP contribution in [0.15, 0.2) is 185 Å². The highest BCUT2D eigenvalue weighted by atomic mass is 16.4. The highest BCUT2D eigenvalue weighted by Gasteiger charge is 2.18. The number of pyridine rings is 1. The fraction of sp³-hybridized carbons (Fsp3) is 0. The molecule has 0 amide bonds. The van der Waals surface area contributed by atoms with Gasteiger partial charge in [0.15, 0.2) is 28.6 Å². The van der Waals surface area contributed by atoms with Crippen molar-refractivity contribution in [3.8, 4) is 67.9 Å². The maximum absolute atomic E-state index is 6.41. The Morgan fingerprint density at radius 1 is 0.339 bits per heavy atom. The van der Waals surface area contributed by atoms with Crippen LogP contribution in [0.1, 0.15) is 0 Å². The van der Waals surface area contributed by atoms with Crippen LogP contribution in [0.2, 0.25) is 0 Å². The number of aromatic nitrogens is 5. The number of oxazole rings is 1. The first-order chi connectivity index (χ1) is 27.7. The summed E-state index contributed by atoms with van der Waals surface area (Å²) in [7, 11) is 0. The first-order valence-electron chi connectivity index (χ1n) is 18.4. The Bertz CT molecular complexity index is 3170. The van der Waals surface area contributed by atoms with Crippen LogP contribution in [0, 0.1) is 0 Å². The summed E-state index contributed by atoms with van der Waals surface area (Å²) in [4.78, 5) is 23.5. The summed E-state index contributed by atoms with van der Waals surface area (Å²) in [6.45, 7) is 0. The van der Waals surface area contributed by atoms with Gasteiger partial charge in [-0.3, -0.25) is 4.98 Å². The lowest BCUT2D eigenvalue weighted by Crippen LogP contribution is -2.00. The summed E-state index contributed by atoms with van der Waals surface area (Å²) in [6, 6.07) is 55.8. The summed E-state index contributed by atoms with van der Waals surface area (Å²) in [5.41, 5.74) is 11.0. The predicted octanol–water partition coefficient (Wildman–Crippen LogP) is 12.5. The summed E-state index contributed by atoms with van der Waals surface area (Å²) in [6.07, 6.45) is 3.47. The second-order valence-electron chi connectivity index (χ2n) is 13.7. The van der Waals surface area contributed by atoms with Crippen molar-refractivity contribution in [2.24, 2.45) is 0 Å². The van der Waals surface area contributed by atoms with Crippen molar-refractivity contribution < 1.29 is 8.83 Å². The molecular weight excluding hydrogens is 691 g/mol. The molecule has 7 nitrogen and oxygen atoms in total. The zero-order valence-electron chi connectivity index (χ0n) is 29.8. The molecule has 4 aromatic heterocycles. The van der Waals surface area contributed by atoms with Gasteiger partial charge in [0.2, 0.25) is 5.89 Å². The van der Waals surface area contributed by atoms with Gasteiger partial charge in [0.25, 0.3) is 0 Å². The minimum absolute atomic E-state index is 0.539. The zero-order chi connectivity index (χ0) is 37.0. The van der Waals surface area contributed by atoms with Crippen LogP contribution < -0.4 is 0 Å². The smallest absolute Gasteiger partial charge is 0.227 e. The largest absolute Gasteiger partial charge is 0.452 e. The van der Waals surface area contributed by atoms with E-state index in [1.54, 1.807) is 12.4 Å². The fourth-order valence-electron chi connectivity index (χ4n) is 7.55. The number of rotatable bonds is 6. The van der Waals surface area contributed by atoms with Crippen molar-refractivity contribution >= 4 is 43.8 Å². The molecule has 0 bridgehead atoms. The third kappa shape index (κ3) is 5.41. The van der Waals surface area contributed by atoms with E-state index >= 15 is 0 Å². The van der Waals surface area contributed by atoms with Gasteiger partial charge in [-0.25, -0.2) is 19.9 Å². The van der Waals surface area contributed by atoms with Gasteiger partial charge in [-0.2, -0.15) is 0 Å². The van der Waals surface area contributed by atoms with Crippen LogP contribution in [0.3, 0.4) is 0 Å². The normalized spacial score (nSPS) is 11.6. The van der Waals surface area contributed by atoms with Crippen molar-refractivity contribution in [3.63, 3.8) is 0 Å². The Hall–Kier alpha value is -7.77. The third-order valence-electron chi connectivity index (χ3n) is 10.3. The topological polar surface area (TPSA) is 90.7 Å². The molecule has 11 aromatic rings. The molecule has 0 aliphatic rings. The van der Waals surface area contributed by atoms with E-state index in [0.717, 1.165) is 66.4 Å². The van der Waals surface area contributed by atoms with Gasteiger partial charge in [-0.05, 0) is 69.4 Å². The van der Waals surface area contributed by atoms with E-state index in [1.165, 1.54) is 10.8 Å². The van der Waals surface area contributed by atoms with Crippen molar-refractivity contribution in [2.45, 2.75) is 0 Å². The number of furan rings is 1. The standard InChI is InChI=1S/C49H29N5O2/c1-3-9-31(10-4-1)46-52-47(32-11-5-2-6-12-32)54-48(53-46)33-17-15-30(16-18-33)36-20-21-37(39-14-8-7-13-38(36)39)35-19-24-43-41(29-35)40-22-23-42-45(44(40)55-43)56-49(51-42)34-25-27-50-28-26-34/h1-29H. The van der Waals surface area contributed by atoms with E-state index in [9.17, 15) is 0 Å². The van der Waals surface area contributed by atoms with Gasteiger partial charge < -0.3 is 8.83 Å². The fourth-order valence-corrected chi connectivity index (χ4v) is 7.55. The van der Waals surface area contributed by atoms with Crippen molar-refractivity contribution in [1.82, 2.24) is 24.9 Å². The van der Waals surface area contributed by atoms with Gasteiger partial charge in [-0.15, -0.1) is 0 Å². The number of nitrogens with zero attached hydrogens (tertiary/aromatic N) is 5. The minimum atomic E-state index is 0.539. The Balaban J connectivity index is 0.968. The molecular formula is C49H29N5O2. The average molecular weight is 720 g/mol. The Morgan fingerprint density at radius 2 is 0.893 bits per heavy atom. The quantitative estimate of drug-likeness (QED) is 0.169. The van der Waals surface area contributed by atoms with Crippen LogP contribution in [0.25, 0.3) is 112 Å². The predicted molar refractivity (Wildman–Crippen MR) is 223 cm³/mol. The molecule has 7 heteroatoms. The third-order valence-corrected chi connectivity index (χ3v) is 10.3. The molecule has 0 spiro atoms. The van der Waals surface area contributed by atoms with Crippen LogP contribution >= 0.6 is 0 Å². The van der Waals surface area contributed by atoms with E-state index in [4.69, 9.17) is 28.8 Å². The highest BCUT2D eigenvalue weighted by Crippen LogP contribution is 2.41. The molecule has 0 aliphatic carbocycles. The van der Waals surface area contributed by atoms with Crippen molar-refractivity contribution in [1.29, 1.82) is 0 Å². The Labute approximate surface area is 320 Å². The van der Waals surface area contributed by atoms with Crippen LogP contribution in [-0.4, -0.2) is 24.9 Å². The van der Waals surface area contributed by atoms with Gasteiger partial charge in [0.05, 0.1) is 0 Å². The van der Waals surface area contributed by atoms with Crippen LogP contribution in [0.4, 0.5) is 0 Å². The lowest BCUT2D eigenvalue weighted by molar-refractivity contribution is 0.603. The highest BCUT2D eigenvalue weighted by molar-refractivity contribution is 6.14.